The Labute approximate surface area is 390 Å². The van der Waals surface area contributed by atoms with Crippen molar-refractivity contribution in [2.45, 2.75) is 50.5 Å². The molecule has 1 aliphatic carbocycles. The molecule has 0 spiro atoms. The van der Waals surface area contributed by atoms with E-state index in [1.807, 2.05) is 18.2 Å². The lowest BCUT2D eigenvalue weighted by Gasteiger charge is -2.39. The van der Waals surface area contributed by atoms with Gasteiger partial charge in [-0.05, 0) is 91.7 Å². The number of rotatable bonds is 13. The van der Waals surface area contributed by atoms with Gasteiger partial charge in [-0.1, -0.05) is 43.2 Å². The highest BCUT2D eigenvalue weighted by molar-refractivity contribution is 7.90. The summed E-state index contributed by atoms with van der Waals surface area (Å²) in [5.74, 6) is -0.466. The van der Waals surface area contributed by atoms with E-state index in [0.717, 1.165) is 113 Å². The zero-order chi connectivity index (χ0) is 46.2. The number of fused-ring (bicyclic) bond motifs is 2. The van der Waals surface area contributed by atoms with Gasteiger partial charge in [-0.3, -0.25) is 19.8 Å². The SMILES string of the molecule is CN1CCN(CC[C@@H]2CNc3cc(S(=O)(=O)NC(=O)c4ccc(N5CCN(CC6=C(c7ccc(Cl)cc7)CC(C)(C)CC6)CC5)cc4Oc4cnc5[nH]ccc5c4)cc([N+](=O)[O-])c3N2)CC1. The Morgan fingerprint density at radius 3 is 2.50 bits per heavy atom. The first kappa shape index (κ1) is 45.4. The number of allylic oxidation sites excluding steroid dienone is 1. The van der Waals surface area contributed by atoms with Gasteiger partial charge in [-0.15, -0.1) is 0 Å². The van der Waals surface area contributed by atoms with Crippen LogP contribution in [0, 0.1) is 15.5 Å². The molecule has 4 aliphatic rings. The minimum absolute atomic E-state index is 0.0348. The predicted octanol–water partition coefficient (Wildman–Crippen LogP) is 7.66. The van der Waals surface area contributed by atoms with E-state index in [4.69, 9.17) is 16.3 Å². The highest BCUT2D eigenvalue weighted by Gasteiger charge is 2.33. The summed E-state index contributed by atoms with van der Waals surface area (Å²) in [6.07, 6.45) is 7.24. The molecule has 16 nitrogen and oxygen atoms in total. The Bertz CT molecular complexity index is 2760. The number of nitrogens with zero attached hydrogens (tertiary/aromatic N) is 6. The summed E-state index contributed by atoms with van der Waals surface area (Å²) in [6.45, 7) is 13.8. The minimum Gasteiger partial charge on any atom is -0.455 e. The molecule has 0 radical (unpaired) electrons. The van der Waals surface area contributed by atoms with Crippen molar-refractivity contribution < 1.29 is 22.9 Å². The fourth-order valence-corrected chi connectivity index (χ4v) is 10.6. The predicted molar refractivity (Wildman–Crippen MR) is 259 cm³/mol. The average Bonchev–Trinajstić information content (AvgIpc) is 3.77. The second-order valence-electron chi connectivity index (χ2n) is 18.8. The number of H-pyrrole nitrogens is 1. The van der Waals surface area contributed by atoms with Crippen molar-refractivity contribution in [1.29, 1.82) is 0 Å². The number of nitrogens with one attached hydrogen (secondary N) is 4. The van der Waals surface area contributed by atoms with Crippen molar-refractivity contribution in [3.63, 3.8) is 0 Å². The van der Waals surface area contributed by atoms with E-state index in [2.05, 4.69) is 78.0 Å². The number of hydrogen-bond acceptors (Lipinski definition) is 13. The first-order valence-corrected chi connectivity index (χ1v) is 24.5. The van der Waals surface area contributed by atoms with Gasteiger partial charge < -0.3 is 35.1 Å². The molecule has 0 unspecified atom stereocenters. The number of nitro groups is 1. The van der Waals surface area contributed by atoms with E-state index in [9.17, 15) is 23.3 Å². The molecule has 3 aromatic carbocycles. The largest absolute Gasteiger partial charge is 0.455 e. The third-order valence-corrected chi connectivity index (χ3v) is 15.0. The first-order chi connectivity index (χ1) is 31.7. The van der Waals surface area contributed by atoms with Gasteiger partial charge in [-0.25, -0.2) is 18.1 Å². The van der Waals surface area contributed by atoms with Crippen LogP contribution >= 0.6 is 11.6 Å². The maximum absolute atomic E-state index is 14.1. The van der Waals surface area contributed by atoms with E-state index < -0.39 is 31.4 Å². The van der Waals surface area contributed by atoms with Crippen molar-refractivity contribution in [2.24, 2.45) is 5.41 Å². The van der Waals surface area contributed by atoms with Crippen LogP contribution in [0.3, 0.4) is 0 Å². The molecule has 0 bridgehead atoms. The number of amides is 1. The van der Waals surface area contributed by atoms with Crippen LogP contribution in [0.1, 0.15) is 55.5 Å². The number of benzene rings is 3. The number of pyridine rings is 1. The molecule has 2 fully saturated rings. The third kappa shape index (κ3) is 10.3. The van der Waals surface area contributed by atoms with Crippen LogP contribution in [0.5, 0.6) is 11.5 Å². The molecular formula is C48H57ClN10O6S. The summed E-state index contributed by atoms with van der Waals surface area (Å²) in [4.78, 5) is 42.4. The molecule has 9 rings (SSSR count). The molecule has 3 aliphatic heterocycles. The highest BCUT2D eigenvalue weighted by Crippen LogP contribution is 2.44. The molecule has 4 N–H and O–H groups in total. The Morgan fingerprint density at radius 1 is 0.985 bits per heavy atom. The lowest BCUT2D eigenvalue weighted by Crippen LogP contribution is -2.47. The number of likely N-dealkylation sites (N-methyl/N-ethyl adjacent to an activating group) is 1. The Morgan fingerprint density at radius 2 is 1.74 bits per heavy atom. The van der Waals surface area contributed by atoms with Crippen LogP contribution in [0.15, 0.2) is 89.6 Å². The van der Waals surface area contributed by atoms with Crippen LogP contribution < -0.4 is 25.0 Å². The summed E-state index contributed by atoms with van der Waals surface area (Å²) in [7, 11) is -2.51. The number of aromatic nitrogens is 2. The number of carbonyl (C=O) groups is 1. The number of hydrogen-bond donors (Lipinski definition) is 4. The van der Waals surface area contributed by atoms with Crippen molar-refractivity contribution in [2.75, 3.05) is 94.6 Å². The Hall–Kier alpha value is -5.72. The smallest absolute Gasteiger partial charge is 0.295 e. The Balaban J connectivity index is 0.922. The fraction of sp³-hybridized carbons (Fsp3) is 0.417. The zero-order valence-corrected chi connectivity index (χ0v) is 39.2. The normalized spacial score (nSPS) is 19.5. The first-order valence-electron chi connectivity index (χ1n) is 22.7. The van der Waals surface area contributed by atoms with Gasteiger partial charge in [0.15, 0.2) is 0 Å². The van der Waals surface area contributed by atoms with Crippen molar-refractivity contribution in [3.05, 3.63) is 111 Å². The van der Waals surface area contributed by atoms with Gasteiger partial charge in [0.2, 0.25) is 0 Å². The van der Waals surface area contributed by atoms with E-state index in [0.29, 0.717) is 17.9 Å². The van der Waals surface area contributed by atoms with Crippen molar-refractivity contribution >= 4 is 66.9 Å². The topological polar surface area (TPSA) is 181 Å². The Kier molecular flexibility index (Phi) is 13.0. The zero-order valence-electron chi connectivity index (χ0n) is 37.6. The maximum Gasteiger partial charge on any atom is 0.295 e. The van der Waals surface area contributed by atoms with E-state index >= 15 is 0 Å². The van der Waals surface area contributed by atoms with Crippen LogP contribution in [0.25, 0.3) is 16.6 Å². The van der Waals surface area contributed by atoms with Crippen LogP contribution in [0.4, 0.5) is 22.7 Å². The lowest BCUT2D eigenvalue weighted by atomic mass is 9.72. The second-order valence-corrected chi connectivity index (χ2v) is 20.9. The van der Waals surface area contributed by atoms with Gasteiger partial charge in [0.25, 0.3) is 21.6 Å². The van der Waals surface area contributed by atoms with E-state index in [1.54, 1.807) is 30.5 Å². The molecule has 0 saturated carbocycles. The number of nitro benzene ring substituents is 1. The molecule has 18 heteroatoms. The number of ether oxygens (including phenoxy) is 1. The molecular weight excluding hydrogens is 880 g/mol. The summed E-state index contributed by atoms with van der Waals surface area (Å²) in [5.41, 5.74) is 5.87. The molecule has 348 valence electrons. The maximum atomic E-state index is 14.1. The summed E-state index contributed by atoms with van der Waals surface area (Å²) < 4.78 is 36.5. The van der Waals surface area contributed by atoms with Gasteiger partial charge in [0.1, 0.15) is 22.8 Å². The average molecular weight is 938 g/mol. The molecule has 66 heavy (non-hydrogen) atoms. The second kappa shape index (κ2) is 18.9. The minimum atomic E-state index is -4.61. The highest BCUT2D eigenvalue weighted by atomic mass is 35.5. The molecule has 1 amide bonds. The van der Waals surface area contributed by atoms with Crippen LogP contribution in [-0.2, 0) is 10.0 Å². The van der Waals surface area contributed by atoms with Gasteiger partial charge in [-0.2, -0.15) is 0 Å². The molecule has 5 heterocycles. The van der Waals surface area contributed by atoms with E-state index in [1.165, 1.54) is 29.0 Å². The molecule has 2 saturated heterocycles. The number of aromatic amines is 1. The molecule has 5 aromatic rings. The molecule has 2 aromatic heterocycles. The number of halogens is 1. The van der Waals surface area contributed by atoms with Crippen molar-refractivity contribution in [1.82, 2.24) is 29.4 Å². The molecule has 1 atom stereocenters. The van der Waals surface area contributed by atoms with E-state index in [-0.39, 0.29) is 34.1 Å². The third-order valence-electron chi connectivity index (χ3n) is 13.4. The monoisotopic (exact) mass is 936 g/mol. The number of sulfonamides is 1. The van der Waals surface area contributed by atoms with Gasteiger partial charge >= 0.3 is 0 Å². The van der Waals surface area contributed by atoms with Crippen molar-refractivity contribution in [3.8, 4) is 11.5 Å². The quantitative estimate of drug-likeness (QED) is 0.0668. The number of anilines is 3. The number of piperazine rings is 2. The van der Waals surface area contributed by atoms with Gasteiger partial charge in [0, 0.05) is 112 Å². The lowest BCUT2D eigenvalue weighted by molar-refractivity contribution is -0.384. The van der Waals surface area contributed by atoms with Crippen LogP contribution in [-0.4, -0.2) is 129 Å². The summed E-state index contributed by atoms with van der Waals surface area (Å²) in [6, 6.07) is 19.1. The summed E-state index contributed by atoms with van der Waals surface area (Å²) in [5, 5.41) is 20.4. The fourth-order valence-electron chi connectivity index (χ4n) is 9.48. The standard InChI is InChI=1S/C48H57ClN10O6S/c1-48(2)13-10-34(41(28-48)32-4-6-35(49)7-5-32)31-57-20-22-58(23-21-57)37-8-9-40(44(25-37)65-38-24-33-11-14-50-46(33)52-30-38)47(60)54-66(63,64)39-26-42-45(43(27-39)59(61)62)53-36(29-51-42)12-15-56-18-16-55(3)17-19-56/h4-9,11,14,24-27,30,36,51,53H,10,12-13,15-23,28-29,31H2,1-3H3,(H,50,52)(H,54,60)/t36-/m1/s1. The van der Waals surface area contributed by atoms with Gasteiger partial charge in [0.05, 0.1) is 27.3 Å². The van der Waals surface area contributed by atoms with Crippen LogP contribution in [0.2, 0.25) is 5.02 Å². The number of carbonyl (C=O) groups excluding carboxylic acids is 1. The summed E-state index contributed by atoms with van der Waals surface area (Å²) >= 11 is 6.25.